The van der Waals surface area contributed by atoms with Crippen LogP contribution in [0.15, 0.2) is 30.3 Å². The maximum Gasteiger partial charge on any atom is 0.338 e. The Labute approximate surface area is 138 Å². The van der Waals surface area contributed by atoms with Crippen LogP contribution in [0.4, 0.5) is 0 Å². The van der Waals surface area contributed by atoms with E-state index in [1.165, 1.54) is 12.8 Å². The summed E-state index contributed by atoms with van der Waals surface area (Å²) in [4.78, 5) is 12.4. The Morgan fingerprint density at radius 2 is 1.77 bits per heavy atom. The standard InChI is InChI=1S/C18H23NO2.ClH/c1-19-16-14-7-12-8-15(16)11-18(9-12,10-14)21-17(20)13-5-3-2-4-6-13;/h2-6,12,14-16,19H,7-11H2,1H3;1H. The average Bonchev–Trinajstić information content (AvgIpc) is 2.47. The molecule has 1 N–H and O–H groups in total. The lowest BCUT2D eigenvalue weighted by Gasteiger charge is -2.59. The molecule has 5 rings (SSSR count). The van der Waals surface area contributed by atoms with Gasteiger partial charge in [0.05, 0.1) is 5.56 Å². The molecular weight excluding hydrogens is 298 g/mol. The van der Waals surface area contributed by atoms with E-state index < -0.39 is 0 Å². The third-order valence-electron chi connectivity index (χ3n) is 5.87. The molecule has 4 aliphatic carbocycles. The van der Waals surface area contributed by atoms with Crippen molar-refractivity contribution >= 4 is 18.4 Å². The predicted molar refractivity (Wildman–Crippen MR) is 88.2 cm³/mol. The lowest BCUT2D eigenvalue weighted by atomic mass is 9.52. The molecule has 1 aromatic carbocycles. The molecule has 2 atom stereocenters. The van der Waals surface area contributed by atoms with Gasteiger partial charge in [-0.15, -0.1) is 12.4 Å². The van der Waals surface area contributed by atoms with Crippen molar-refractivity contribution in [3.8, 4) is 0 Å². The fourth-order valence-electron chi connectivity index (χ4n) is 5.38. The van der Waals surface area contributed by atoms with E-state index in [-0.39, 0.29) is 24.0 Å². The first-order valence-corrected chi connectivity index (χ1v) is 8.15. The van der Waals surface area contributed by atoms with Gasteiger partial charge in [-0.05, 0) is 69.0 Å². The van der Waals surface area contributed by atoms with E-state index in [9.17, 15) is 4.79 Å². The zero-order valence-corrected chi connectivity index (χ0v) is 13.8. The van der Waals surface area contributed by atoms with Crippen molar-refractivity contribution in [2.75, 3.05) is 7.05 Å². The minimum Gasteiger partial charge on any atom is -0.455 e. The summed E-state index contributed by atoms with van der Waals surface area (Å²) in [5.74, 6) is 1.99. The Kier molecular flexibility index (Phi) is 4.21. The monoisotopic (exact) mass is 321 g/mol. The highest BCUT2D eigenvalue weighted by molar-refractivity contribution is 5.89. The molecule has 1 aromatic rings. The molecule has 0 radical (unpaired) electrons. The van der Waals surface area contributed by atoms with E-state index in [0.29, 0.717) is 23.4 Å². The predicted octanol–water partition coefficient (Wildman–Crippen LogP) is 3.43. The molecule has 3 nitrogen and oxygen atoms in total. The largest absolute Gasteiger partial charge is 0.455 e. The van der Waals surface area contributed by atoms with Crippen molar-refractivity contribution in [1.82, 2.24) is 5.32 Å². The summed E-state index contributed by atoms with van der Waals surface area (Å²) in [7, 11) is 2.08. The number of nitrogens with one attached hydrogen (secondary N) is 1. The van der Waals surface area contributed by atoms with Crippen molar-refractivity contribution in [2.24, 2.45) is 17.8 Å². The van der Waals surface area contributed by atoms with E-state index in [1.54, 1.807) is 0 Å². The second-order valence-corrected chi connectivity index (χ2v) is 7.22. The van der Waals surface area contributed by atoms with Crippen LogP contribution in [0, 0.1) is 17.8 Å². The molecule has 4 bridgehead atoms. The SMILES string of the molecule is CNC1C2CC3CC1CC(OC(=O)c1ccccc1)(C3)C2.Cl. The summed E-state index contributed by atoms with van der Waals surface area (Å²) in [6, 6.07) is 10.0. The summed E-state index contributed by atoms with van der Waals surface area (Å²) in [5, 5.41) is 3.51. The van der Waals surface area contributed by atoms with Crippen molar-refractivity contribution in [3.05, 3.63) is 35.9 Å². The van der Waals surface area contributed by atoms with Crippen LogP contribution in [0.25, 0.3) is 0 Å². The summed E-state index contributed by atoms with van der Waals surface area (Å²) >= 11 is 0. The number of hydrogen-bond acceptors (Lipinski definition) is 3. The van der Waals surface area contributed by atoms with Crippen LogP contribution in [0.3, 0.4) is 0 Å². The van der Waals surface area contributed by atoms with Gasteiger partial charge in [-0.25, -0.2) is 4.79 Å². The van der Waals surface area contributed by atoms with Crippen LogP contribution < -0.4 is 5.32 Å². The molecule has 0 amide bonds. The second kappa shape index (κ2) is 5.86. The molecule has 4 heteroatoms. The Hall–Kier alpha value is -1.06. The summed E-state index contributed by atoms with van der Waals surface area (Å²) in [6.07, 6.45) is 5.79. The first-order chi connectivity index (χ1) is 10.2. The lowest BCUT2D eigenvalue weighted by Crippen LogP contribution is -2.61. The average molecular weight is 322 g/mol. The summed E-state index contributed by atoms with van der Waals surface area (Å²) in [6.45, 7) is 0. The molecule has 2 unspecified atom stereocenters. The first-order valence-electron chi connectivity index (χ1n) is 8.15. The molecule has 120 valence electrons. The minimum absolute atomic E-state index is 0. The van der Waals surface area contributed by atoms with Gasteiger partial charge in [-0.2, -0.15) is 0 Å². The smallest absolute Gasteiger partial charge is 0.338 e. The fourth-order valence-corrected chi connectivity index (χ4v) is 5.38. The van der Waals surface area contributed by atoms with Gasteiger partial charge in [0.2, 0.25) is 0 Å². The number of halogens is 1. The van der Waals surface area contributed by atoms with Gasteiger partial charge in [0.15, 0.2) is 0 Å². The van der Waals surface area contributed by atoms with Crippen molar-refractivity contribution in [1.29, 1.82) is 0 Å². The highest BCUT2D eigenvalue weighted by Crippen LogP contribution is 2.57. The topological polar surface area (TPSA) is 38.3 Å². The number of benzene rings is 1. The quantitative estimate of drug-likeness (QED) is 0.867. The lowest BCUT2D eigenvalue weighted by molar-refractivity contribution is -0.143. The molecule has 0 aliphatic heterocycles. The molecule has 0 spiro atoms. The molecular formula is C18H24ClNO2. The maximum atomic E-state index is 12.4. The number of hydrogen-bond donors (Lipinski definition) is 1. The van der Waals surface area contributed by atoms with Crippen LogP contribution in [0.1, 0.15) is 42.5 Å². The third kappa shape index (κ3) is 2.55. The summed E-state index contributed by atoms with van der Waals surface area (Å²) in [5.41, 5.74) is 0.495. The fraction of sp³-hybridized carbons (Fsp3) is 0.611. The van der Waals surface area contributed by atoms with Gasteiger partial charge in [-0.3, -0.25) is 0 Å². The molecule has 4 saturated carbocycles. The third-order valence-corrected chi connectivity index (χ3v) is 5.87. The van der Waals surface area contributed by atoms with Crippen LogP contribution >= 0.6 is 12.4 Å². The Balaban J connectivity index is 0.00000144. The van der Waals surface area contributed by atoms with Crippen LogP contribution in [-0.2, 0) is 4.74 Å². The second-order valence-electron chi connectivity index (χ2n) is 7.22. The summed E-state index contributed by atoms with van der Waals surface area (Å²) < 4.78 is 6.06. The molecule has 0 saturated heterocycles. The number of esters is 1. The molecule has 0 aromatic heterocycles. The van der Waals surface area contributed by atoms with Gasteiger partial charge in [0.25, 0.3) is 0 Å². The molecule has 4 fully saturated rings. The molecule has 4 aliphatic rings. The molecule has 0 heterocycles. The van der Waals surface area contributed by atoms with E-state index in [4.69, 9.17) is 4.74 Å². The van der Waals surface area contributed by atoms with Crippen molar-refractivity contribution in [3.63, 3.8) is 0 Å². The highest BCUT2D eigenvalue weighted by atomic mass is 35.5. The van der Waals surface area contributed by atoms with Gasteiger partial charge in [-0.1, -0.05) is 18.2 Å². The number of carbonyl (C=O) groups excluding carboxylic acids is 1. The maximum absolute atomic E-state index is 12.4. The Bertz CT molecular complexity index is 531. The number of rotatable bonds is 3. The van der Waals surface area contributed by atoms with Crippen LogP contribution in [0.5, 0.6) is 0 Å². The van der Waals surface area contributed by atoms with Crippen LogP contribution in [-0.4, -0.2) is 24.7 Å². The van der Waals surface area contributed by atoms with Gasteiger partial charge in [0, 0.05) is 6.04 Å². The minimum atomic E-state index is -0.184. The Morgan fingerprint density at radius 1 is 1.14 bits per heavy atom. The van der Waals surface area contributed by atoms with Gasteiger partial charge < -0.3 is 10.1 Å². The number of ether oxygens (including phenoxy) is 1. The Morgan fingerprint density at radius 3 is 2.36 bits per heavy atom. The molecule has 22 heavy (non-hydrogen) atoms. The van der Waals surface area contributed by atoms with Gasteiger partial charge in [0.1, 0.15) is 5.60 Å². The highest BCUT2D eigenvalue weighted by Gasteiger charge is 2.56. The zero-order valence-electron chi connectivity index (χ0n) is 13.0. The number of carbonyl (C=O) groups is 1. The first kappa shape index (κ1) is 15.8. The van der Waals surface area contributed by atoms with E-state index >= 15 is 0 Å². The van der Waals surface area contributed by atoms with Crippen molar-refractivity contribution in [2.45, 2.75) is 43.7 Å². The van der Waals surface area contributed by atoms with Crippen LogP contribution in [0.2, 0.25) is 0 Å². The van der Waals surface area contributed by atoms with Gasteiger partial charge >= 0.3 is 5.97 Å². The van der Waals surface area contributed by atoms with E-state index in [2.05, 4.69) is 12.4 Å². The van der Waals surface area contributed by atoms with E-state index in [1.807, 2.05) is 30.3 Å². The van der Waals surface area contributed by atoms with Crippen molar-refractivity contribution < 1.29 is 9.53 Å². The zero-order chi connectivity index (χ0) is 14.4. The normalized spacial score (nSPS) is 38.4. The van der Waals surface area contributed by atoms with E-state index in [0.717, 1.165) is 25.2 Å².